The average molecular weight is 333 g/mol. The third-order valence-corrected chi connectivity index (χ3v) is 3.87. The third-order valence-electron chi connectivity index (χ3n) is 3.21. The van der Waals surface area contributed by atoms with Crippen molar-refractivity contribution in [1.29, 1.82) is 0 Å². The van der Waals surface area contributed by atoms with Crippen molar-refractivity contribution in [2.24, 2.45) is 0 Å². The predicted octanol–water partition coefficient (Wildman–Crippen LogP) is 3.26. The van der Waals surface area contributed by atoms with E-state index >= 15 is 0 Å². The molecular formula is C13H18BrFN2O2. The second-order valence-electron chi connectivity index (χ2n) is 4.35. The highest BCUT2D eigenvalue weighted by atomic mass is 79.9. The number of nitrogens with one attached hydrogen (secondary N) is 2. The molecule has 19 heavy (non-hydrogen) atoms. The van der Waals surface area contributed by atoms with E-state index in [9.17, 15) is 14.3 Å². The number of carbonyl (C=O) groups excluding carboxylic acids is 1. The number of anilines is 1. The normalized spacial score (nSPS) is 11.2. The molecule has 1 aromatic carbocycles. The molecule has 1 rings (SSSR count). The summed E-state index contributed by atoms with van der Waals surface area (Å²) in [5, 5.41) is 14.8. The molecule has 0 atom stereocenters. The number of urea groups is 1. The topological polar surface area (TPSA) is 61.4 Å². The molecule has 0 saturated heterocycles. The van der Waals surface area contributed by atoms with Gasteiger partial charge in [0, 0.05) is 4.47 Å². The van der Waals surface area contributed by atoms with Crippen molar-refractivity contribution in [3.8, 4) is 0 Å². The number of aliphatic hydroxyl groups is 1. The minimum absolute atomic E-state index is 0.127. The molecule has 0 fully saturated rings. The van der Waals surface area contributed by atoms with Crippen LogP contribution < -0.4 is 10.6 Å². The Labute approximate surface area is 120 Å². The molecule has 6 heteroatoms. The average Bonchev–Trinajstić information content (AvgIpc) is 2.39. The Morgan fingerprint density at radius 1 is 1.42 bits per heavy atom. The summed E-state index contributed by atoms with van der Waals surface area (Å²) in [6.07, 6.45) is 1.25. The first kappa shape index (κ1) is 15.9. The first-order valence-electron chi connectivity index (χ1n) is 6.11. The van der Waals surface area contributed by atoms with Crippen molar-refractivity contribution in [1.82, 2.24) is 5.32 Å². The maximum absolute atomic E-state index is 12.9. The fraction of sp³-hybridized carbons (Fsp3) is 0.462. The van der Waals surface area contributed by atoms with Crippen molar-refractivity contribution in [3.05, 3.63) is 28.5 Å². The minimum atomic E-state index is -0.628. The Hall–Kier alpha value is -1.14. The fourth-order valence-corrected chi connectivity index (χ4v) is 2.13. The van der Waals surface area contributed by atoms with Crippen LogP contribution in [0.15, 0.2) is 22.7 Å². The van der Waals surface area contributed by atoms with Crippen molar-refractivity contribution in [2.75, 3.05) is 11.9 Å². The Balaban J connectivity index is 2.74. The van der Waals surface area contributed by atoms with Gasteiger partial charge in [0.2, 0.25) is 0 Å². The third kappa shape index (κ3) is 4.18. The Morgan fingerprint density at radius 2 is 2.05 bits per heavy atom. The molecule has 3 N–H and O–H groups in total. The fourth-order valence-electron chi connectivity index (χ4n) is 1.68. The number of halogens is 2. The zero-order valence-electron chi connectivity index (χ0n) is 11.0. The number of benzene rings is 1. The zero-order valence-corrected chi connectivity index (χ0v) is 12.6. The quantitative estimate of drug-likeness (QED) is 0.775. The smallest absolute Gasteiger partial charge is 0.319 e. The molecule has 0 unspecified atom stereocenters. The van der Waals surface area contributed by atoms with E-state index in [1.165, 1.54) is 18.2 Å². The maximum Gasteiger partial charge on any atom is 0.319 e. The molecule has 106 valence electrons. The van der Waals surface area contributed by atoms with Crippen LogP contribution in [0.25, 0.3) is 0 Å². The summed E-state index contributed by atoms with van der Waals surface area (Å²) < 4.78 is 13.4. The van der Waals surface area contributed by atoms with E-state index in [1.54, 1.807) is 0 Å². The van der Waals surface area contributed by atoms with E-state index in [1.807, 2.05) is 13.8 Å². The number of rotatable bonds is 5. The SMILES string of the molecule is CCC(CC)(CO)NC(=O)Nc1ccc(F)cc1Br. The first-order valence-corrected chi connectivity index (χ1v) is 6.90. The van der Waals surface area contributed by atoms with Gasteiger partial charge in [0.25, 0.3) is 0 Å². The molecule has 0 aliphatic heterocycles. The van der Waals surface area contributed by atoms with E-state index in [4.69, 9.17) is 0 Å². The Kier molecular flexibility index (Phi) is 5.75. The molecule has 1 aromatic rings. The highest BCUT2D eigenvalue weighted by molar-refractivity contribution is 9.10. The number of aliphatic hydroxyl groups excluding tert-OH is 1. The van der Waals surface area contributed by atoms with Crippen LogP contribution in [-0.2, 0) is 0 Å². The standard InChI is InChI=1S/C13H18BrFN2O2/c1-3-13(4-2,8-18)17-12(19)16-11-6-5-9(15)7-10(11)14/h5-7,18H,3-4,8H2,1-2H3,(H2,16,17,19). The molecule has 0 saturated carbocycles. The number of amides is 2. The predicted molar refractivity (Wildman–Crippen MR) is 76.7 cm³/mol. The van der Waals surface area contributed by atoms with Crippen molar-refractivity contribution >= 4 is 27.6 Å². The van der Waals surface area contributed by atoms with Gasteiger partial charge in [-0.1, -0.05) is 13.8 Å². The van der Waals surface area contributed by atoms with E-state index in [0.29, 0.717) is 23.0 Å². The van der Waals surface area contributed by atoms with E-state index in [2.05, 4.69) is 26.6 Å². The molecule has 0 bridgehead atoms. The van der Waals surface area contributed by atoms with Gasteiger partial charge in [0.1, 0.15) is 5.82 Å². The van der Waals surface area contributed by atoms with Gasteiger partial charge in [0.05, 0.1) is 17.8 Å². The van der Waals surface area contributed by atoms with Crippen LogP contribution in [-0.4, -0.2) is 23.3 Å². The van der Waals surface area contributed by atoms with Crippen molar-refractivity contribution in [3.63, 3.8) is 0 Å². The molecule has 4 nitrogen and oxygen atoms in total. The molecule has 0 aliphatic carbocycles. The van der Waals surface area contributed by atoms with Gasteiger partial charge in [-0.15, -0.1) is 0 Å². The summed E-state index contributed by atoms with van der Waals surface area (Å²) in [5.41, 5.74) is -0.158. The second-order valence-corrected chi connectivity index (χ2v) is 5.20. The molecule has 0 aliphatic rings. The van der Waals surface area contributed by atoms with Crippen LogP contribution >= 0.6 is 15.9 Å². The number of hydrogen-bond acceptors (Lipinski definition) is 2. The van der Waals surface area contributed by atoms with Crippen molar-refractivity contribution in [2.45, 2.75) is 32.2 Å². The Bertz CT molecular complexity index is 442. The first-order chi connectivity index (χ1) is 8.96. The lowest BCUT2D eigenvalue weighted by atomic mass is 9.94. The molecular weight excluding hydrogens is 315 g/mol. The van der Waals surface area contributed by atoms with Crippen LogP contribution in [0.3, 0.4) is 0 Å². The van der Waals surface area contributed by atoms with Gasteiger partial charge in [-0.25, -0.2) is 9.18 Å². The summed E-state index contributed by atoms with van der Waals surface area (Å²) in [4.78, 5) is 11.9. The van der Waals surface area contributed by atoms with E-state index in [0.717, 1.165) is 0 Å². The van der Waals surface area contributed by atoms with Gasteiger partial charge in [-0.2, -0.15) is 0 Å². The molecule has 2 amide bonds. The summed E-state index contributed by atoms with van der Waals surface area (Å²) in [6, 6.07) is 3.58. The van der Waals surface area contributed by atoms with Crippen LogP contribution in [0.1, 0.15) is 26.7 Å². The number of hydrogen-bond donors (Lipinski definition) is 3. The molecule has 0 heterocycles. The lowest BCUT2D eigenvalue weighted by molar-refractivity contribution is 0.155. The number of carbonyl (C=O) groups is 1. The molecule has 0 spiro atoms. The lowest BCUT2D eigenvalue weighted by Gasteiger charge is -2.30. The van der Waals surface area contributed by atoms with Crippen LogP contribution in [0, 0.1) is 5.82 Å². The minimum Gasteiger partial charge on any atom is -0.394 e. The van der Waals surface area contributed by atoms with Crippen LogP contribution in [0.5, 0.6) is 0 Å². The van der Waals surface area contributed by atoms with Gasteiger partial charge < -0.3 is 15.7 Å². The largest absolute Gasteiger partial charge is 0.394 e. The lowest BCUT2D eigenvalue weighted by Crippen LogP contribution is -2.52. The highest BCUT2D eigenvalue weighted by Gasteiger charge is 2.27. The summed E-state index contributed by atoms with van der Waals surface area (Å²) >= 11 is 3.17. The summed E-state index contributed by atoms with van der Waals surface area (Å²) in [5.74, 6) is -0.385. The van der Waals surface area contributed by atoms with Gasteiger partial charge in [-0.05, 0) is 47.0 Å². The summed E-state index contributed by atoms with van der Waals surface area (Å²) in [7, 11) is 0. The van der Waals surface area contributed by atoms with E-state index in [-0.39, 0.29) is 12.4 Å². The Morgan fingerprint density at radius 3 is 2.53 bits per heavy atom. The van der Waals surface area contributed by atoms with Crippen LogP contribution in [0.2, 0.25) is 0 Å². The molecule has 0 aromatic heterocycles. The molecule has 0 radical (unpaired) electrons. The maximum atomic E-state index is 12.9. The monoisotopic (exact) mass is 332 g/mol. The van der Waals surface area contributed by atoms with Gasteiger partial charge >= 0.3 is 6.03 Å². The van der Waals surface area contributed by atoms with Gasteiger partial charge in [0.15, 0.2) is 0 Å². The van der Waals surface area contributed by atoms with E-state index < -0.39 is 11.6 Å². The van der Waals surface area contributed by atoms with Crippen LogP contribution in [0.4, 0.5) is 14.9 Å². The summed E-state index contributed by atoms with van der Waals surface area (Å²) in [6.45, 7) is 3.67. The highest BCUT2D eigenvalue weighted by Crippen LogP contribution is 2.23. The van der Waals surface area contributed by atoms with Gasteiger partial charge in [-0.3, -0.25) is 0 Å². The van der Waals surface area contributed by atoms with Crippen molar-refractivity contribution < 1.29 is 14.3 Å². The second kappa shape index (κ2) is 6.86. The zero-order chi connectivity index (χ0) is 14.5.